The Hall–Kier alpha value is -2.73. The van der Waals surface area contributed by atoms with Crippen LogP contribution in [0.25, 0.3) is 0 Å². The molecule has 0 bridgehead atoms. The van der Waals surface area contributed by atoms with Crippen LogP contribution in [0.4, 0.5) is 10.1 Å². The summed E-state index contributed by atoms with van der Waals surface area (Å²) in [6.45, 7) is 0.239. The Kier molecular flexibility index (Phi) is 5.09. The van der Waals surface area contributed by atoms with Crippen molar-refractivity contribution in [3.63, 3.8) is 0 Å². The predicted octanol–water partition coefficient (Wildman–Crippen LogP) is 2.98. The predicted molar refractivity (Wildman–Crippen MR) is 94.0 cm³/mol. The number of nitrogens with one attached hydrogen (secondary N) is 1. The van der Waals surface area contributed by atoms with Gasteiger partial charge in [0.1, 0.15) is 5.82 Å². The van der Waals surface area contributed by atoms with E-state index in [9.17, 15) is 14.0 Å². The van der Waals surface area contributed by atoms with Crippen LogP contribution in [-0.4, -0.2) is 24.6 Å². The van der Waals surface area contributed by atoms with E-state index in [0.29, 0.717) is 10.7 Å². The van der Waals surface area contributed by atoms with Crippen LogP contribution in [0.2, 0.25) is 5.02 Å². The molecule has 0 aromatic heterocycles. The number of hydrazone groups is 1. The average Bonchev–Trinajstić information content (AvgIpc) is 2.97. The highest BCUT2D eigenvalue weighted by molar-refractivity contribution is 6.30. The SMILES string of the molecule is O=C(N/N=C\c1cccc(Cl)c1)[C@@H]1CC(=O)N(c2ccc(F)cc2)C1. The van der Waals surface area contributed by atoms with Gasteiger partial charge in [-0.15, -0.1) is 0 Å². The minimum atomic E-state index is -0.505. The molecule has 1 aliphatic rings. The molecule has 0 unspecified atom stereocenters. The van der Waals surface area contributed by atoms with Crippen LogP contribution in [0.15, 0.2) is 53.6 Å². The summed E-state index contributed by atoms with van der Waals surface area (Å²) >= 11 is 5.87. The van der Waals surface area contributed by atoms with Crippen molar-refractivity contribution in [2.75, 3.05) is 11.4 Å². The van der Waals surface area contributed by atoms with E-state index in [4.69, 9.17) is 11.6 Å². The molecule has 1 fully saturated rings. The fraction of sp³-hybridized carbons (Fsp3) is 0.167. The van der Waals surface area contributed by atoms with E-state index in [2.05, 4.69) is 10.5 Å². The van der Waals surface area contributed by atoms with E-state index >= 15 is 0 Å². The van der Waals surface area contributed by atoms with E-state index in [-0.39, 0.29) is 30.6 Å². The number of hydrogen-bond acceptors (Lipinski definition) is 3. The Morgan fingerprint density at radius 1 is 1.28 bits per heavy atom. The van der Waals surface area contributed by atoms with Crippen LogP contribution in [-0.2, 0) is 9.59 Å². The fourth-order valence-electron chi connectivity index (χ4n) is 2.60. The smallest absolute Gasteiger partial charge is 0.245 e. The first-order valence-electron chi connectivity index (χ1n) is 7.67. The van der Waals surface area contributed by atoms with E-state index in [1.54, 1.807) is 24.3 Å². The van der Waals surface area contributed by atoms with Crippen LogP contribution in [0.1, 0.15) is 12.0 Å². The molecular weight excluding hydrogens is 345 g/mol. The Morgan fingerprint density at radius 2 is 2.04 bits per heavy atom. The number of benzene rings is 2. The molecule has 7 heteroatoms. The largest absolute Gasteiger partial charge is 0.312 e. The number of anilines is 1. The third-order valence-corrected chi connectivity index (χ3v) is 4.11. The van der Waals surface area contributed by atoms with Gasteiger partial charge in [0.25, 0.3) is 0 Å². The normalized spacial score (nSPS) is 17.3. The maximum absolute atomic E-state index is 13.0. The minimum absolute atomic E-state index is 0.0931. The molecule has 1 saturated heterocycles. The number of nitrogens with zero attached hydrogens (tertiary/aromatic N) is 2. The lowest BCUT2D eigenvalue weighted by atomic mass is 10.1. The number of halogens is 2. The van der Waals surface area contributed by atoms with Gasteiger partial charge in [-0.3, -0.25) is 9.59 Å². The van der Waals surface area contributed by atoms with Gasteiger partial charge in [-0.2, -0.15) is 5.10 Å². The Morgan fingerprint density at radius 3 is 2.76 bits per heavy atom. The topological polar surface area (TPSA) is 61.8 Å². The van der Waals surface area contributed by atoms with Gasteiger partial charge in [0.05, 0.1) is 12.1 Å². The van der Waals surface area contributed by atoms with Gasteiger partial charge in [-0.25, -0.2) is 9.82 Å². The van der Waals surface area contributed by atoms with Gasteiger partial charge in [0.15, 0.2) is 0 Å². The third-order valence-electron chi connectivity index (χ3n) is 3.87. The zero-order valence-electron chi connectivity index (χ0n) is 13.2. The molecule has 0 saturated carbocycles. The molecule has 2 aromatic carbocycles. The van der Waals surface area contributed by atoms with Gasteiger partial charge >= 0.3 is 0 Å². The van der Waals surface area contributed by atoms with Crippen LogP contribution in [0, 0.1) is 11.7 Å². The highest BCUT2D eigenvalue weighted by Crippen LogP contribution is 2.25. The molecule has 0 aliphatic carbocycles. The molecule has 2 aromatic rings. The van der Waals surface area contributed by atoms with Crippen molar-refractivity contribution in [2.45, 2.75) is 6.42 Å². The average molecular weight is 360 g/mol. The molecule has 3 rings (SSSR count). The number of hydrogen-bond donors (Lipinski definition) is 1. The maximum Gasteiger partial charge on any atom is 0.245 e. The lowest BCUT2D eigenvalue weighted by Gasteiger charge is -2.16. The van der Waals surface area contributed by atoms with Crippen molar-refractivity contribution < 1.29 is 14.0 Å². The second kappa shape index (κ2) is 7.44. The van der Waals surface area contributed by atoms with Gasteiger partial charge in [0.2, 0.25) is 11.8 Å². The highest BCUT2D eigenvalue weighted by atomic mass is 35.5. The molecule has 0 radical (unpaired) electrons. The summed E-state index contributed by atoms with van der Waals surface area (Å²) in [6.07, 6.45) is 1.58. The molecule has 25 heavy (non-hydrogen) atoms. The summed E-state index contributed by atoms with van der Waals surface area (Å²) < 4.78 is 13.0. The monoisotopic (exact) mass is 359 g/mol. The Bertz CT molecular complexity index is 823. The summed E-state index contributed by atoms with van der Waals surface area (Å²) in [5.74, 6) is -1.39. The summed E-state index contributed by atoms with van der Waals surface area (Å²) in [4.78, 5) is 25.8. The molecule has 2 amide bonds. The summed E-state index contributed by atoms with van der Waals surface area (Å²) in [5, 5.41) is 4.47. The standard InChI is InChI=1S/C18H15ClFN3O2/c19-14-3-1-2-12(8-14)10-21-22-18(25)13-9-17(24)23(11-13)16-6-4-15(20)5-7-16/h1-8,10,13H,9,11H2,(H,22,25)/b21-10-/t13-/m1/s1. The maximum atomic E-state index is 13.0. The number of rotatable bonds is 4. The number of amides is 2. The zero-order chi connectivity index (χ0) is 17.8. The first-order valence-corrected chi connectivity index (χ1v) is 8.05. The first kappa shape index (κ1) is 17.1. The van der Waals surface area contributed by atoms with Crippen molar-refractivity contribution in [1.29, 1.82) is 0 Å². The van der Waals surface area contributed by atoms with Crippen LogP contribution in [0.3, 0.4) is 0 Å². The summed E-state index contributed by atoms with van der Waals surface area (Å²) in [5.41, 5.74) is 3.77. The van der Waals surface area contributed by atoms with Crippen LogP contribution >= 0.6 is 11.6 Å². The van der Waals surface area contributed by atoms with Crippen molar-refractivity contribution in [3.05, 3.63) is 64.9 Å². The van der Waals surface area contributed by atoms with Gasteiger partial charge < -0.3 is 4.90 Å². The minimum Gasteiger partial charge on any atom is -0.312 e. The van der Waals surface area contributed by atoms with Crippen molar-refractivity contribution >= 4 is 35.3 Å². The van der Waals surface area contributed by atoms with Crippen LogP contribution < -0.4 is 10.3 Å². The molecule has 1 aliphatic heterocycles. The number of carbonyl (C=O) groups excluding carboxylic acids is 2. The second-order valence-corrected chi connectivity index (χ2v) is 6.11. The molecule has 128 valence electrons. The Balaban J connectivity index is 1.60. The number of carbonyl (C=O) groups is 2. The highest BCUT2D eigenvalue weighted by Gasteiger charge is 2.35. The quantitative estimate of drug-likeness (QED) is 0.674. The molecule has 5 nitrogen and oxygen atoms in total. The zero-order valence-corrected chi connectivity index (χ0v) is 13.9. The van der Waals surface area contributed by atoms with Gasteiger partial charge in [-0.05, 0) is 42.0 Å². The Labute approximate surface area is 149 Å². The van der Waals surface area contributed by atoms with E-state index in [1.807, 2.05) is 0 Å². The van der Waals surface area contributed by atoms with Crippen molar-refractivity contribution in [2.24, 2.45) is 11.0 Å². The van der Waals surface area contributed by atoms with E-state index in [1.165, 1.54) is 35.4 Å². The molecule has 0 spiro atoms. The lowest BCUT2D eigenvalue weighted by Crippen LogP contribution is -2.30. The second-order valence-electron chi connectivity index (χ2n) is 5.67. The van der Waals surface area contributed by atoms with Crippen LogP contribution in [0.5, 0.6) is 0 Å². The summed E-state index contributed by atoms with van der Waals surface area (Å²) in [6, 6.07) is 12.6. The van der Waals surface area contributed by atoms with E-state index in [0.717, 1.165) is 5.56 Å². The van der Waals surface area contributed by atoms with E-state index < -0.39 is 5.92 Å². The fourth-order valence-corrected chi connectivity index (χ4v) is 2.80. The van der Waals surface area contributed by atoms with Gasteiger partial charge in [0, 0.05) is 23.7 Å². The molecule has 1 atom stereocenters. The molecular formula is C18H15ClFN3O2. The van der Waals surface area contributed by atoms with Crippen molar-refractivity contribution in [1.82, 2.24) is 5.43 Å². The third kappa shape index (κ3) is 4.22. The molecule has 1 heterocycles. The molecule has 1 N–H and O–H groups in total. The summed E-state index contributed by atoms with van der Waals surface area (Å²) in [7, 11) is 0. The first-order chi connectivity index (χ1) is 12.0. The van der Waals surface area contributed by atoms with Crippen molar-refractivity contribution in [3.8, 4) is 0 Å². The lowest BCUT2D eigenvalue weighted by molar-refractivity contribution is -0.126. The van der Waals surface area contributed by atoms with Gasteiger partial charge in [-0.1, -0.05) is 23.7 Å².